The number of nitrogens with zero attached hydrogens (tertiary/aromatic N) is 2. The summed E-state index contributed by atoms with van der Waals surface area (Å²) in [5, 5.41) is 10.6. The van der Waals surface area contributed by atoms with Gasteiger partial charge in [-0.1, -0.05) is 6.07 Å². The number of esters is 1. The van der Waals surface area contributed by atoms with Crippen LogP contribution in [0.25, 0.3) is 6.08 Å². The fourth-order valence-electron chi connectivity index (χ4n) is 5.50. The molecule has 4 heterocycles. The zero-order chi connectivity index (χ0) is 30.6. The lowest BCUT2D eigenvalue weighted by Crippen LogP contribution is -2.34. The smallest absolute Gasteiger partial charge is 0.340 e. The molecule has 2 aliphatic rings. The molecule has 0 spiro atoms. The second-order valence-electron chi connectivity index (χ2n) is 10.1. The zero-order valence-corrected chi connectivity index (χ0v) is 24.8. The Bertz CT molecular complexity index is 1710. The average Bonchev–Trinajstić information content (AvgIpc) is 3.86. The molecule has 4 aromatic rings. The van der Waals surface area contributed by atoms with E-state index < -0.39 is 30.4 Å². The molecule has 2 unspecified atom stereocenters. The Morgan fingerprint density at radius 3 is 2.57 bits per heavy atom. The van der Waals surface area contributed by atoms with Crippen LogP contribution in [0.4, 0.5) is 5.69 Å². The summed E-state index contributed by atoms with van der Waals surface area (Å²) in [6, 6.07) is 13.1. The number of amides is 2. The van der Waals surface area contributed by atoms with Crippen LogP contribution in [-0.4, -0.2) is 49.3 Å². The standard InChI is InChI=1S/C32H29N3O8S/c1-39-25-16-22(23(17-26(25)40-2)33-31(37)27-11-6-14-44-27)32(38)43-18-28(36)35-30(24-10-5-13-42-24)21-9-3-7-19(29(21)34-35)15-20-8-4-12-41-20/h4-6,8,10-17,21,30H,3,7,9,18H2,1-2H3,(H,33,37). The molecule has 2 atom stereocenters. The quantitative estimate of drug-likeness (QED) is 0.221. The second kappa shape index (κ2) is 12.6. The molecule has 1 aliphatic heterocycles. The van der Waals surface area contributed by atoms with Crippen LogP contribution in [0, 0.1) is 5.92 Å². The first-order valence-electron chi connectivity index (χ1n) is 13.9. The molecular weight excluding hydrogens is 586 g/mol. The van der Waals surface area contributed by atoms with Crippen LogP contribution in [0.2, 0.25) is 0 Å². The number of thiophene rings is 1. The Labute approximate surface area is 256 Å². The lowest BCUT2D eigenvalue weighted by Gasteiger charge is -2.27. The molecule has 1 saturated carbocycles. The maximum absolute atomic E-state index is 13.6. The van der Waals surface area contributed by atoms with Gasteiger partial charge >= 0.3 is 5.97 Å². The SMILES string of the molecule is COc1cc(NC(=O)c2cccs2)c(C(=O)OCC(=O)N2N=C3C(=Cc4ccco4)CCCC3C2c2ccco2)cc1OC. The fourth-order valence-corrected chi connectivity index (χ4v) is 6.12. The van der Waals surface area contributed by atoms with E-state index in [0.717, 1.165) is 30.5 Å². The molecular formula is C32H29N3O8S. The molecule has 1 aliphatic carbocycles. The molecule has 0 bridgehead atoms. The van der Waals surface area contributed by atoms with E-state index in [1.807, 2.05) is 24.3 Å². The van der Waals surface area contributed by atoms with Gasteiger partial charge in [-0.05, 0) is 66.6 Å². The summed E-state index contributed by atoms with van der Waals surface area (Å²) in [4.78, 5) is 40.3. The lowest BCUT2D eigenvalue weighted by molar-refractivity contribution is -0.137. The Kier molecular flexibility index (Phi) is 8.33. The van der Waals surface area contributed by atoms with Crippen LogP contribution in [0.1, 0.15) is 56.9 Å². The maximum Gasteiger partial charge on any atom is 0.340 e. The Morgan fingerprint density at radius 1 is 1.07 bits per heavy atom. The van der Waals surface area contributed by atoms with E-state index in [0.29, 0.717) is 22.1 Å². The van der Waals surface area contributed by atoms with Gasteiger partial charge in [0.2, 0.25) is 0 Å². The highest BCUT2D eigenvalue weighted by molar-refractivity contribution is 7.12. The number of fused-ring (bicyclic) bond motifs is 1. The number of benzene rings is 1. The van der Waals surface area contributed by atoms with Crippen molar-refractivity contribution in [2.45, 2.75) is 25.3 Å². The number of hydrogen-bond donors (Lipinski definition) is 1. The summed E-state index contributed by atoms with van der Waals surface area (Å²) >= 11 is 1.26. The molecule has 3 aromatic heterocycles. The van der Waals surface area contributed by atoms with Gasteiger partial charge in [-0.3, -0.25) is 9.59 Å². The molecule has 2 amide bonds. The van der Waals surface area contributed by atoms with Crippen molar-refractivity contribution >= 4 is 46.6 Å². The van der Waals surface area contributed by atoms with Crippen LogP contribution in [0.15, 0.2) is 85.9 Å². The van der Waals surface area contributed by atoms with Crippen molar-refractivity contribution in [1.82, 2.24) is 5.01 Å². The number of methoxy groups -OCH3 is 2. The largest absolute Gasteiger partial charge is 0.493 e. The van der Waals surface area contributed by atoms with Crippen molar-refractivity contribution in [2.75, 3.05) is 26.1 Å². The number of furan rings is 2. The van der Waals surface area contributed by atoms with Crippen LogP contribution in [-0.2, 0) is 9.53 Å². The number of hydrogen-bond acceptors (Lipinski definition) is 10. The van der Waals surface area contributed by atoms with Crippen molar-refractivity contribution in [1.29, 1.82) is 0 Å². The first-order valence-corrected chi connectivity index (χ1v) is 14.8. The fraction of sp³-hybridized carbons (Fsp3) is 0.250. The number of hydrazone groups is 1. The van der Waals surface area contributed by atoms with E-state index in [1.54, 1.807) is 36.1 Å². The number of carbonyl (C=O) groups is 3. The molecule has 1 aromatic carbocycles. The minimum Gasteiger partial charge on any atom is -0.493 e. The van der Waals surface area contributed by atoms with E-state index >= 15 is 0 Å². The van der Waals surface area contributed by atoms with Gasteiger partial charge in [0.15, 0.2) is 18.1 Å². The first kappa shape index (κ1) is 29.0. The summed E-state index contributed by atoms with van der Waals surface area (Å²) in [6.07, 6.45) is 7.61. The summed E-state index contributed by atoms with van der Waals surface area (Å²) in [5.74, 6) is -0.0185. The second-order valence-corrected chi connectivity index (χ2v) is 11.1. The molecule has 0 saturated heterocycles. The minimum atomic E-state index is -0.835. The van der Waals surface area contributed by atoms with E-state index in [1.165, 1.54) is 42.7 Å². The number of carbonyl (C=O) groups excluding carboxylic acids is 3. The summed E-state index contributed by atoms with van der Waals surface area (Å²) < 4.78 is 27.5. The van der Waals surface area contributed by atoms with E-state index in [4.69, 9.17) is 28.1 Å². The van der Waals surface area contributed by atoms with Crippen molar-refractivity contribution in [2.24, 2.45) is 11.0 Å². The molecule has 0 radical (unpaired) electrons. The number of ether oxygens (including phenoxy) is 3. The van der Waals surface area contributed by atoms with Gasteiger partial charge in [0.05, 0.1) is 48.6 Å². The van der Waals surface area contributed by atoms with Crippen LogP contribution in [0.3, 0.4) is 0 Å². The molecule has 12 heteroatoms. The van der Waals surface area contributed by atoms with Gasteiger partial charge < -0.3 is 28.4 Å². The van der Waals surface area contributed by atoms with E-state index in [-0.39, 0.29) is 22.9 Å². The molecule has 44 heavy (non-hydrogen) atoms. The van der Waals surface area contributed by atoms with Gasteiger partial charge in [-0.25, -0.2) is 9.80 Å². The lowest BCUT2D eigenvalue weighted by atomic mass is 9.79. The molecule has 11 nitrogen and oxygen atoms in total. The third-order valence-corrected chi connectivity index (χ3v) is 8.38. The number of anilines is 1. The monoisotopic (exact) mass is 615 g/mol. The van der Waals surface area contributed by atoms with Crippen molar-refractivity contribution in [3.63, 3.8) is 0 Å². The summed E-state index contributed by atoms with van der Waals surface area (Å²) in [6.45, 7) is -0.594. The highest BCUT2D eigenvalue weighted by atomic mass is 32.1. The molecule has 6 rings (SSSR count). The van der Waals surface area contributed by atoms with Crippen molar-refractivity contribution in [3.8, 4) is 11.5 Å². The number of allylic oxidation sites excluding steroid dienone is 1. The molecule has 226 valence electrons. The molecule has 1 fully saturated rings. The molecule has 1 N–H and O–H groups in total. The normalized spacial score (nSPS) is 18.5. The summed E-state index contributed by atoms with van der Waals surface area (Å²) in [5.41, 5.74) is 1.91. The van der Waals surface area contributed by atoms with Gasteiger partial charge in [-0.2, -0.15) is 5.10 Å². The zero-order valence-electron chi connectivity index (χ0n) is 24.0. The number of nitrogens with one attached hydrogen (secondary N) is 1. The van der Waals surface area contributed by atoms with E-state index in [2.05, 4.69) is 5.32 Å². The van der Waals surface area contributed by atoms with Gasteiger partial charge in [0.1, 0.15) is 17.6 Å². The maximum atomic E-state index is 13.6. The predicted octanol–water partition coefficient (Wildman–Crippen LogP) is 6.18. The van der Waals surface area contributed by atoms with Gasteiger partial charge in [0, 0.05) is 18.1 Å². The Morgan fingerprint density at radius 2 is 1.86 bits per heavy atom. The van der Waals surface area contributed by atoms with Gasteiger partial charge in [0.25, 0.3) is 11.8 Å². The third-order valence-electron chi connectivity index (χ3n) is 7.51. The van der Waals surface area contributed by atoms with E-state index in [9.17, 15) is 14.4 Å². The van der Waals surface area contributed by atoms with Gasteiger partial charge in [-0.15, -0.1) is 11.3 Å². The first-order chi connectivity index (χ1) is 21.5. The predicted molar refractivity (Wildman–Crippen MR) is 162 cm³/mol. The van der Waals surface area contributed by atoms with Crippen LogP contribution in [0.5, 0.6) is 11.5 Å². The highest BCUT2D eigenvalue weighted by Crippen LogP contribution is 2.44. The highest BCUT2D eigenvalue weighted by Gasteiger charge is 2.45. The Hall–Kier alpha value is -5.10. The Balaban J connectivity index is 1.25. The minimum absolute atomic E-state index is 0.00647. The van der Waals surface area contributed by atoms with Crippen molar-refractivity contribution < 1.29 is 37.4 Å². The third kappa shape index (κ3) is 5.76. The van der Waals surface area contributed by atoms with Crippen LogP contribution < -0.4 is 14.8 Å². The number of rotatable bonds is 9. The average molecular weight is 616 g/mol. The van der Waals surface area contributed by atoms with Crippen LogP contribution >= 0.6 is 11.3 Å². The summed E-state index contributed by atoms with van der Waals surface area (Å²) in [7, 11) is 2.87. The van der Waals surface area contributed by atoms with Crippen molar-refractivity contribution in [3.05, 3.63) is 94.0 Å². The topological polar surface area (TPSA) is 133 Å².